The largest absolute Gasteiger partial charge is 0.251 e. The van der Waals surface area contributed by atoms with Gasteiger partial charge in [-0.2, -0.15) is 0 Å². The lowest BCUT2D eigenvalue weighted by Crippen LogP contribution is -2.02. The molecule has 0 fully saturated rings. The molecule has 0 heterocycles. The molecule has 0 saturated carbocycles. The molecule has 18 heavy (non-hydrogen) atoms. The first-order valence-corrected chi connectivity index (χ1v) is 7.09. The fourth-order valence-corrected chi connectivity index (χ4v) is 2.37. The maximum atomic E-state index is 4.82. The minimum absolute atomic E-state index is 0.755. The molecule has 2 heteroatoms. The van der Waals surface area contributed by atoms with E-state index in [9.17, 15) is 0 Å². The average Bonchev–Trinajstić information content (AvgIpc) is 2.40. The van der Waals surface area contributed by atoms with Gasteiger partial charge in [-0.05, 0) is 30.5 Å². The topological polar surface area (TPSA) is 12.4 Å². The number of nitrogens with zero attached hydrogens (tertiary/aromatic N) is 1. The quantitative estimate of drug-likeness (QED) is 0.569. The highest BCUT2D eigenvalue weighted by molar-refractivity contribution is 9.09. The lowest BCUT2D eigenvalue weighted by molar-refractivity contribution is 1.32. The lowest BCUT2D eigenvalue weighted by atomic mass is 10.1. The standard InChI is InChI=1S/C16H16BrN/c1-12-7-6-8-13(2)16(12)18-15(11-17)14-9-4-3-5-10-14/h3-10H,11H2,1-2H3. The van der Waals surface area contributed by atoms with Crippen molar-refractivity contribution in [2.45, 2.75) is 13.8 Å². The first-order chi connectivity index (χ1) is 8.72. The van der Waals surface area contributed by atoms with Crippen molar-refractivity contribution >= 4 is 27.3 Å². The summed E-state index contributed by atoms with van der Waals surface area (Å²) in [5, 5.41) is 0.755. The number of halogens is 1. The Labute approximate surface area is 117 Å². The molecule has 0 amide bonds. The Morgan fingerprint density at radius 2 is 1.56 bits per heavy atom. The minimum Gasteiger partial charge on any atom is -0.251 e. The molecule has 0 aromatic heterocycles. The minimum atomic E-state index is 0.755. The number of para-hydroxylation sites is 1. The van der Waals surface area contributed by atoms with Crippen LogP contribution in [0.5, 0.6) is 0 Å². The van der Waals surface area contributed by atoms with E-state index in [0.717, 1.165) is 22.3 Å². The van der Waals surface area contributed by atoms with E-state index in [-0.39, 0.29) is 0 Å². The molecule has 0 atom stereocenters. The number of aryl methyl sites for hydroxylation is 2. The van der Waals surface area contributed by atoms with E-state index in [2.05, 4.69) is 60.1 Å². The number of aliphatic imine (C=N–C) groups is 1. The highest BCUT2D eigenvalue weighted by atomic mass is 79.9. The van der Waals surface area contributed by atoms with Crippen LogP contribution in [0, 0.1) is 13.8 Å². The summed E-state index contributed by atoms with van der Waals surface area (Å²) in [5.41, 5.74) is 5.73. The number of alkyl halides is 1. The van der Waals surface area contributed by atoms with Gasteiger partial charge in [0, 0.05) is 5.33 Å². The molecule has 0 aliphatic rings. The van der Waals surface area contributed by atoms with Crippen LogP contribution in [0.1, 0.15) is 16.7 Å². The maximum absolute atomic E-state index is 4.82. The van der Waals surface area contributed by atoms with E-state index in [0.29, 0.717) is 0 Å². The van der Waals surface area contributed by atoms with E-state index in [4.69, 9.17) is 4.99 Å². The van der Waals surface area contributed by atoms with Crippen molar-refractivity contribution < 1.29 is 0 Å². The highest BCUT2D eigenvalue weighted by Crippen LogP contribution is 2.24. The summed E-state index contributed by atoms with van der Waals surface area (Å²) in [4.78, 5) is 4.82. The van der Waals surface area contributed by atoms with Gasteiger partial charge in [0.1, 0.15) is 0 Å². The molecule has 0 unspecified atom stereocenters. The Kier molecular flexibility index (Phi) is 4.32. The van der Waals surface area contributed by atoms with Crippen LogP contribution in [0.3, 0.4) is 0 Å². The molecule has 0 N–H and O–H groups in total. The van der Waals surface area contributed by atoms with Gasteiger partial charge in [-0.1, -0.05) is 64.5 Å². The average molecular weight is 302 g/mol. The zero-order chi connectivity index (χ0) is 13.0. The Bertz CT molecular complexity index is 538. The molecule has 2 aromatic rings. The van der Waals surface area contributed by atoms with E-state index in [1.807, 2.05) is 18.2 Å². The lowest BCUT2D eigenvalue weighted by Gasteiger charge is -2.08. The van der Waals surface area contributed by atoms with Crippen molar-refractivity contribution in [1.29, 1.82) is 0 Å². The second-order valence-electron chi connectivity index (χ2n) is 4.30. The summed E-state index contributed by atoms with van der Waals surface area (Å²) in [5.74, 6) is 0. The van der Waals surface area contributed by atoms with Crippen LogP contribution in [0.25, 0.3) is 0 Å². The molecule has 0 spiro atoms. The smallest absolute Gasteiger partial charge is 0.0691 e. The normalized spacial score (nSPS) is 11.6. The van der Waals surface area contributed by atoms with E-state index >= 15 is 0 Å². The summed E-state index contributed by atoms with van der Waals surface area (Å²) >= 11 is 3.53. The first-order valence-electron chi connectivity index (χ1n) is 5.97. The first kappa shape index (κ1) is 13.0. The van der Waals surface area contributed by atoms with Gasteiger partial charge in [-0.15, -0.1) is 0 Å². The molecule has 2 rings (SSSR count). The van der Waals surface area contributed by atoms with Gasteiger partial charge >= 0.3 is 0 Å². The van der Waals surface area contributed by atoms with Gasteiger partial charge in [0.15, 0.2) is 0 Å². The predicted octanol–water partition coefficient (Wildman–Crippen LogP) is 4.82. The summed E-state index contributed by atoms with van der Waals surface area (Å²) in [6, 6.07) is 16.6. The molecule has 0 radical (unpaired) electrons. The second-order valence-corrected chi connectivity index (χ2v) is 4.86. The summed E-state index contributed by atoms with van der Waals surface area (Å²) in [7, 11) is 0. The third-order valence-electron chi connectivity index (χ3n) is 2.92. The highest BCUT2D eigenvalue weighted by Gasteiger charge is 2.05. The monoisotopic (exact) mass is 301 g/mol. The molecule has 92 valence electrons. The fraction of sp³-hybridized carbons (Fsp3) is 0.188. The third-order valence-corrected chi connectivity index (χ3v) is 3.45. The van der Waals surface area contributed by atoms with Crippen LogP contribution in [0.15, 0.2) is 53.5 Å². The molecule has 2 aromatic carbocycles. The van der Waals surface area contributed by atoms with Crippen LogP contribution >= 0.6 is 15.9 Å². The second kappa shape index (κ2) is 5.96. The van der Waals surface area contributed by atoms with Crippen LogP contribution in [0.4, 0.5) is 5.69 Å². The van der Waals surface area contributed by atoms with E-state index in [1.54, 1.807) is 0 Å². The predicted molar refractivity (Wildman–Crippen MR) is 82.3 cm³/mol. The maximum Gasteiger partial charge on any atom is 0.0691 e. The SMILES string of the molecule is Cc1cccc(C)c1N=C(CBr)c1ccccc1. The Balaban J connectivity index is 2.48. The number of benzene rings is 2. The molecule has 0 bridgehead atoms. The fourth-order valence-electron chi connectivity index (χ4n) is 1.92. The molecule has 1 nitrogen and oxygen atoms in total. The van der Waals surface area contributed by atoms with Gasteiger partial charge in [0.2, 0.25) is 0 Å². The molecule has 0 aliphatic heterocycles. The van der Waals surface area contributed by atoms with Crippen LogP contribution in [-0.2, 0) is 0 Å². The zero-order valence-corrected chi connectivity index (χ0v) is 12.2. The van der Waals surface area contributed by atoms with Crippen molar-refractivity contribution in [3.05, 3.63) is 65.2 Å². The third kappa shape index (κ3) is 2.88. The van der Waals surface area contributed by atoms with Crippen LogP contribution in [0.2, 0.25) is 0 Å². The van der Waals surface area contributed by atoms with Crippen molar-refractivity contribution in [3.63, 3.8) is 0 Å². The van der Waals surface area contributed by atoms with Gasteiger partial charge < -0.3 is 0 Å². The number of hydrogen-bond donors (Lipinski definition) is 0. The van der Waals surface area contributed by atoms with Gasteiger partial charge in [0.25, 0.3) is 0 Å². The Morgan fingerprint density at radius 3 is 2.11 bits per heavy atom. The number of hydrogen-bond acceptors (Lipinski definition) is 1. The van der Waals surface area contributed by atoms with Crippen molar-refractivity contribution in [1.82, 2.24) is 0 Å². The molecular weight excluding hydrogens is 286 g/mol. The Morgan fingerprint density at radius 1 is 0.944 bits per heavy atom. The van der Waals surface area contributed by atoms with Crippen molar-refractivity contribution in [2.75, 3.05) is 5.33 Å². The number of rotatable bonds is 3. The zero-order valence-electron chi connectivity index (χ0n) is 10.7. The Hall–Kier alpha value is -1.41. The molecule has 0 aliphatic carbocycles. The van der Waals surface area contributed by atoms with Crippen molar-refractivity contribution in [3.8, 4) is 0 Å². The summed E-state index contributed by atoms with van der Waals surface area (Å²) < 4.78 is 0. The summed E-state index contributed by atoms with van der Waals surface area (Å²) in [6.45, 7) is 4.20. The molecule has 0 saturated heterocycles. The summed E-state index contributed by atoms with van der Waals surface area (Å²) in [6.07, 6.45) is 0. The van der Waals surface area contributed by atoms with Gasteiger partial charge in [-0.3, -0.25) is 4.99 Å². The van der Waals surface area contributed by atoms with Crippen LogP contribution < -0.4 is 0 Å². The van der Waals surface area contributed by atoms with Gasteiger partial charge in [0.05, 0.1) is 11.4 Å². The van der Waals surface area contributed by atoms with Crippen molar-refractivity contribution in [2.24, 2.45) is 4.99 Å². The van der Waals surface area contributed by atoms with E-state index < -0.39 is 0 Å². The molecular formula is C16H16BrN. The van der Waals surface area contributed by atoms with E-state index in [1.165, 1.54) is 11.1 Å². The van der Waals surface area contributed by atoms with Crippen LogP contribution in [-0.4, -0.2) is 11.0 Å². The van der Waals surface area contributed by atoms with Gasteiger partial charge in [-0.25, -0.2) is 0 Å².